The molecule has 1 fully saturated rings. The molecule has 0 saturated carbocycles. The molecule has 4 rings (SSSR count). The van der Waals surface area contributed by atoms with Gasteiger partial charge in [-0.25, -0.2) is 0 Å². The van der Waals surface area contributed by atoms with E-state index in [1.165, 1.54) is 0 Å². The van der Waals surface area contributed by atoms with Gasteiger partial charge < -0.3 is 4.90 Å². The number of imide groups is 1. The van der Waals surface area contributed by atoms with Crippen molar-refractivity contribution in [3.8, 4) is 11.1 Å². The van der Waals surface area contributed by atoms with Crippen LogP contribution in [0, 0.1) is 0 Å². The largest absolute Gasteiger partial charge is 0.320 e. The van der Waals surface area contributed by atoms with Gasteiger partial charge in [-0.05, 0) is 52.9 Å². The predicted octanol–water partition coefficient (Wildman–Crippen LogP) is 1.36. The van der Waals surface area contributed by atoms with Crippen molar-refractivity contribution in [1.29, 1.82) is 0 Å². The topological polar surface area (TPSA) is 66.5 Å². The molecule has 124 valence electrons. The molecule has 0 spiro atoms. The Hall–Kier alpha value is -1.94. The van der Waals surface area contributed by atoms with Crippen LogP contribution in [0.3, 0.4) is 0 Å². The molecule has 25 heavy (non-hydrogen) atoms. The van der Waals surface area contributed by atoms with Crippen LogP contribution in [-0.2, 0) is 16.1 Å². The fraction of sp³-hybridized carbons (Fsp3) is 0.278. The second-order valence-electron chi connectivity index (χ2n) is 6.66. The van der Waals surface area contributed by atoms with Crippen LogP contribution in [0.4, 0.5) is 0 Å². The van der Waals surface area contributed by atoms with Crippen LogP contribution in [0.15, 0.2) is 29.0 Å². The van der Waals surface area contributed by atoms with Crippen molar-refractivity contribution in [1.82, 2.24) is 10.2 Å². The van der Waals surface area contributed by atoms with E-state index in [2.05, 4.69) is 32.4 Å². The van der Waals surface area contributed by atoms with Gasteiger partial charge in [0.1, 0.15) is 5.54 Å². The Labute approximate surface area is 157 Å². The minimum atomic E-state index is -0.988. The Morgan fingerprint density at radius 2 is 2.00 bits per heavy atom. The van der Waals surface area contributed by atoms with Crippen molar-refractivity contribution < 1.29 is 14.4 Å². The van der Waals surface area contributed by atoms with Gasteiger partial charge in [0.05, 0.1) is 0 Å². The van der Waals surface area contributed by atoms with Crippen LogP contribution in [0.5, 0.6) is 0 Å². The molecule has 2 aromatic rings. The van der Waals surface area contributed by atoms with Gasteiger partial charge in [-0.15, -0.1) is 4.43 Å². The normalized spacial score (nSPS) is 22.9. The molecule has 0 unspecified atom stereocenters. The smallest absolute Gasteiger partial charge is 0.255 e. The Morgan fingerprint density at radius 3 is 2.68 bits per heavy atom. The number of carbonyl (C=O) groups excluding carboxylic acids is 3. The number of amides is 3. The van der Waals surface area contributed by atoms with Gasteiger partial charge in [-0.2, -0.15) is 11.3 Å². The van der Waals surface area contributed by atoms with E-state index in [9.17, 15) is 14.4 Å². The van der Waals surface area contributed by atoms with Crippen LogP contribution in [0.25, 0.3) is 11.1 Å². The molecule has 0 aliphatic carbocycles. The van der Waals surface area contributed by atoms with E-state index in [4.69, 9.17) is 0 Å². The van der Waals surface area contributed by atoms with Crippen LogP contribution >= 0.6 is 11.3 Å². The van der Waals surface area contributed by atoms with E-state index < -0.39 is 11.4 Å². The Balaban J connectivity index is 1.68. The summed E-state index contributed by atoms with van der Waals surface area (Å²) in [5, 5.41) is 6.51. The highest BCUT2D eigenvalue weighted by Gasteiger charge is 2.48. The van der Waals surface area contributed by atoms with Crippen LogP contribution in [0.1, 0.15) is 35.7 Å². The van der Waals surface area contributed by atoms with Crippen LogP contribution in [0.2, 0.25) is 0 Å². The molecule has 1 saturated heterocycles. The number of nitrogens with zero attached hydrogens (tertiary/aromatic N) is 1. The fourth-order valence-corrected chi connectivity index (χ4v) is 4.84. The lowest BCUT2D eigenvalue weighted by atomic mass is 9.89. The number of hydrogen-bond acceptors (Lipinski definition) is 4. The predicted molar refractivity (Wildman–Crippen MR) is 95.8 cm³/mol. The molecule has 2 aliphatic heterocycles. The standard InChI is InChI=1S/C18H15N2O3S.Al/c1-18(6-4-15(21)19-17(18)23)20-9-13-8-11(12-5-7-24-10-12)2-3-14(13)16(20)22;/h2-3,7-8,10H,4,6,9H2,1H3,(H,19,21,23);/t18-;/m1./s1. The highest BCUT2D eigenvalue weighted by Crippen LogP contribution is 2.35. The molecule has 2 aliphatic rings. The number of thiophene rings is 1. The molecule has 1 atom stereocenters. The molecular weight excluding hydrogens is 351 g/mol. The summed E-state index contributed by atoms with van der Waals surface area (Å²) in [6.07, 6.45) is 0.601. The summed E-state index contributed by atoms with van der Waals surface area (Å²) in [7, 11) is 0. The van der Waals surface area contributed by atoms with Gasteiger partial charge in [0.15, 0.2) is 16.3 Å². The first-order chi connectivity index (χ1) is 11.9. The average molecular weight is 366 g/mol. The van der Waals surface area contributed by atoms with Crippen molar-refractivity contribution >= 4 is 49.8 Å². The lowest BCUT2D eigenvalue weighted by Crippen LogP contribution is -2.61. The molecule has 2 radical (unpaired) electrons. The number of rotatable bonds is 2. The second-order valence-corrected chi connectivity index (χ2v) is 8.02. The van der Waals surface area contributed by atoms with Crippen LogP contribution in [-0.4, -0.2) is 44.5 Å². The Kier molecular flexibility index (Phi) is 3.84. The van der Waals surface area contributed by atoms with Crippen molar-refractivity contribution in [2.24, 2.45) is 0 Å². The number of carbonyl (C=O) groups is 3. The fourth-order valence-electron chi connectivity index (χ4n) is 3.48. The molecule has 3 heterocycles. The third-order valence-electron chi connectivity index (χ3n) is 5.09. The zero-order valence-electron chi connectivity index (χ0n) is 13.7. The maximum atomic E-state index is 12.9. The van der Waals surface area contributed by atoms with Crippen LogP contribution < -0.4 is 9.74 Å². The maximum absolute atomic E-state index is 12.9. The van der Waals surface area contributed by atoms with Crippen molar-refractivity contribution in [3.05, 3.63) is 40.1 Å². The second kappa shape index (κ2) is 5.80. The summed E-state index contributed by atoms with van der Waals surface area (Å²) in [4.78, 5) is 38.3. The van der Waals surface area contributed by atoms with Crippen molar-refractivity contribution in [2.45, 2.75) is 31.8 Å². The number of hydrogen-bond donors (Lipinski definition) is 1. The lowest BCUT2D eigenvalue weighted by molar-refractivity contribution is -0.142. The highest BCUT2D eigenvalue weighted by molar-refractivity contribution is 7.09. The van der Waals surface area contributed by atoms with E-state index >= 15 is 0 Å². The molecule has 5 nitrogen and oxygen atoms in total. The first-order valence-corrected chi connectivity index (χ1v) is 9.53. The number of benzene rings is 1. The van der Waals surface area contributed by atoms with Gasteiger partial charge in [-0.3, -0.25) is 19.7 Å². The van der Waals surface area contributed by atoms with Gasteiger partial charge in [0.2, 0.25) is 5.91 Å². The first-order valence-electron chi connectivity index (χ1n) is 8.01. The van der Waals surface area contributed by atoms with Crippen molar-refractivity contribution in [3.63, 3.8) is 0 Å². The summed E-state index contributed by atoms with van der Waals surface area (Å²) in [6, 6.07) is 5.81. The molecule has 1 aromatic carbocycles. The lowest BCUT2D eigenvalue weighted by Gasteiger charge is -2.39. The minimum absolute atomic E-state index is 0.148. The zero-order chi connectivity index (χ0) is 17.8. The van der Waals surface area contributed by atoms with Gasteiger partial charge >= 0.3 is 0 Å². The number of fused-ring (bicyclic) bond motifs is 1. The van der Waals surface area contributed by atoms with Gasteiger partial charge in [-0.1, -0.05) is 6.07 Å². The average Bonchev–Trinajstić information content (AvgIpc) is 3.15. The van der Waals surface area contributed by atoms with Gasteiger partial charge in [0, 0.05) is 18.5 Å². The Bertz CT molecular complexity index is 923. The SMILES string of the molecule is C[C@@]1(N2Cc3cc(-c4csc[c]4[Al])ccc3C2=O)CCC(=O)NC1=O. The maximum Gasteiger partial charge on any atom is 0.255 e. The third kappa shape index (κ3) is 2.55. The summed E-state index contributed by atoms with van der Waals surface area (Å²) in [6.45, 7) is 2.12. The third-order valence-corrected chi connectivity index (χ3v) is 6.57. The molecule has 3 amide bonds. The minimum Gasteiger partial charge on any atom is -0.320 e. The van der Waals surface area contributed by atoms with E-state index in [0.717, 1.165) is 21.1 Å². The summed E-state index contributed by atoms with van der Waals surface area (Å²) in [5.74, 6) is -0.820. The van der Waals surface area contributed by atoms with E-state index in [0.29, 0.717) is 18.5 Å². The summed E-state index contributed by atoms with van der Waals surface area (Å²) >= 11 is 4.36. The quantitative estimate of drug-likeness (QED) is 0.645. The monoisotopic (exact) mass is 366 g/mol. The number of piperidine rings is 1. The van der Waals surface area contributed by atoms with Crippen molar-refractivity contribution in [2.75, 3.05) is 0 Å². The Morgan fingerprint density at radius 1 is 1.20 bits per heavy atom. The highest BCUT2D eigenvalue weighted by atomic mass is 32.1. The summed E-state index contributed by atoms with van der Waals surface area (Å²) in [5.41, 5.74) is 2.77. The molecule has 1 N–H and O–H groups in total. The van der Waals surface area contributed by atoms with E-state index in [1.807, 2.05) is 18.2 Å². The molecule has 7 heteroatoms. The molecule has 0 bridgehead atoms. The number of nitrogens with one attached hydrogen (secondary N) is 1. The molecular formula is C18H15AlN2O3S. The summed E-state index contributed by atoms with van der Waals surface area (Å²) < 4.78 is 1.13. The first kappa shape index (κ1) is 16.5. The van der Waals surface area contributed by atoms with E-state index in [1.54, 1.807) is 23.2 Å². The molecule has 1 aromatic heterocycles. The van der Waals surface area contributed by atoms with Gasteiger partial charge in [0.25, 0.3) is 11.8 Å². The van der Waals surface area contributed by atoms with E-state index in [-0.39, 0.29) is 18.2 Å². The zero-order valence-corrected chi connectivity index (χ0v) is 15.6.